The van der Waals surface area contributed by atoms with Crippen LogP contribution in [0.25, 0.3) is 22.5 Å². The van der Waals surface area contributed by atoms with E-state index in [1.54, 1.807) is 0 Å². The molecular formula is C37H28N6O2. The quantitative estimate of drug-likeness (QED) is 0.178. The number of benzene rings is 5. The normalized spacial score (nSPS) is 11.4. The molecule has 0 aliphatic rings. The summed E-state index contributed by atoms with van der Waals surface area (Å²) in [6.07, 6.45) is 1.77. The van der Waals surface area contributed by atoms with Crippen molar-refractivity contribution in [3.05, 3.63) is 179 Å². The summed E-state index contributed by atoms with van der Waals surface area (Å²) in [4.78, 5) is 18.7. The fourth-order valence-electron chi connectivity index (χ4n) is 6.08. The molecule has 0 saturated carbocycles. The molecule has 0 unspecified atom stereocenters. The lowest BCUT2D eigenvalue weighted by atomic mass is 9.77. The van der Waals surface area contributed by atoms with Crippen LogP contribution in [0, 0.1) is 0 Å². The zero-order valence-electron chi connectivity index (χ0n) is 24.2. The highest BCUT2D eigenvalue weighted by Crippen LogP contribution is 2.43. The van der Waals surface area contributed by atoms with E-state index in [0.717, 1.165) is 38.9 Å². The Morgan fingerprint density at radius 1 is 0.667 bits per heavy atom. The van der Waals surface area contributed by atoms with E-state index >= 15 is 0 Å². The van der Waals surface area contributed by atoms with E-state index in [-0.39, 0.29) is 5.69 Å². The highest BCUT2D eigenvalue weighted by atomic mass is 16.4. The Hall–Kier alpha value is -6.15. The van der Waals surface area contributed by atoms with E-state index in [0.29, 0.717) is 18.1 Å². The average Bonchev–Trinajstić information content (AvgIpc) is 3.78. The van der Waals surface area contributed by atoms with Gasteiger partial charge in [-0.05, 0) is 43.8 Å². The van der Waals surface area contributed by atoms with E-state index in [1.807, 2.05) is 95.7 Å². The molecule has 0 bridgehead atoms. The number of aromatic nitrogens is 6. The average molecular weight is 589 g/mol. The topological polar surface area (TPSA) is 110 Å². The Bertz CT molecular complexity index is 1970. The zero-order chi connectivity index (χ0) is 30.6. The summed E-state index contributed by atoms with van der Waals surface area (Å²) in [7, 11) is 0. The molecule has 5 aromatic carbocycles. The standard InChI is InChI=1S/C37H28N6O2/c44-36(45)33-25-38-34(39-33)24-26-14-10-11-21-30(26)31-22-12-13-23-32(31)35-40-41-42-43(35)37(27-15-4-1-5-16-27,28-17-6-2-7-18-28)29-19-8-3-9-20-29/h1-23,25H,24H2,(H,38,39)(H,44,45). The first kappa shape index (κ1) is 27.7. The molecule has 0 saturated heterocycles. The second-order valence-electron chi connectivity index (χ2n) is 10.7. The van der Waals surface area contributed by atoms with Crippen molar-refractivity contribution in [1.82, 2.24) is 30.2 Å². The predicted molar refractivity (Wildman–Crippen MR) is 172 cm³/mol. The molecule has 0 spiro atoms. The molecule has 0 aliphatic carbocycles. The molecule has 0 atom stereocenters. The zero-order valence-corrected chi connectivity index (χ0v) is 24.2. The minimum atomic E-state index is -1.04. The third-order valence-electron chi connectivity index (χ3n) is 8.05. The Kier molecular flexibility index (Phi) is 7.29. The molecule has 0 aliphatic heterocycles. The number of aromatic amines is 1. The second-order valence-corrected chi connectivity index (χ2v) is 10.7. The fourth-order valence-corrected chi connectivity index (χ4v) is 6.08. The first-order valence-corrected chi connectivity index (χ1v) is 14.6. The van der Waals surface area contributed by atoms with Crippen LogP contribution in [0.15, 0.2) is 146 Å². The molecule has 0 amide bonds. The smallest absolute Gasteiger partial charge is 0.353 e. The summed E-state index contributed by atoms with van der Waals surface area (Å²) in [5, 5.41) is 23.1. The van der Waals surface area contributed by atoms with Crippen LogP contribution in [0.2, 0.25) is 0 Å². The van der Waals surface area contributed by atoms with Crippen molar-refractivity contribution in [2.75, 3.05) is 0 Å². The maximum atomic E-state index is 11.5. The van der Waals surface area contributed by atoms with Gasteiger partial charge >= 0.3 is 5.97 Å². The number of H-pyrrole nitrogens is 1. The van der Waals surface area contributed by atoms with Crippen LogP contribution in [-0.4, -0.2) is 41.3 Å². The summed E-state index contributed by atoms with van der Waals surface area (Å²) in [6.45, 7) is 0. The van der Waals surface area contributed by atoms with E-state index in [4.69, 9.17) is 5.21 Å². The SMILES string of the molecule is O=C(O)c1cnc(Cc2ccccc2-c2ccccc2-c2nnnn2C(c2ccccc2)(c2ccccc2)c2ccccc2)[nH]1. The van der Waals surface area contributed by atoms with Gasteiger partial charge in [-0.1, -0.05) is 140 Å². The van der Waals surface area contributed by atoms with E-state index < -0.39 is 11.5 Å². The van der Waals surface area contributed by atoms with Crippen molar-refractivity contribution in [2.45, 2.75) is 12.0 Å². The van der Waals surface area contributed by atoms with Gasteiger partial charge in [0.15, 0.2) is 5.82 Å². The number of hydrogen-bond acceptors (Lipinski definition) is 5. The number of carboxylic acid groups (broad SMARTS) is 1. The lowest BCUT2D eigenvalue weighted by molar-refractivity contribution is 0.0691. The maximum absolute atomic E-state index is 11.5. The summed E-state index contributed by atoms with van der Waals surface area (Å²) >= 11 is 0. The highest BCUT2D eigenvalue weighted by Gasteiger charge is 2.42. The third kappa shape index (κ3) is 4.98. The van der Waals surface area contributed by atoms with Gasteiger partial charge in [-0.25, -0.2) is 14.5 Å². The number of aromatic carboxylic acids is 1. The van der Waals surface area contributed by atoms with Crippen LogP contribution in [0.4, 0.5) is 0 Å². The Morgan fingerprint density at radius 3 is 1.73 bits per heavy atom. The monoisotopic (exact) mass is 588 g/mol. The highest BCUT2D eigenvalue weighted by molar-refractivity contribution is 5.85. The van der Waals surface area contributed by atoms with E-state index in [1.165, 1.54) is 6.20 Å². The van der Waals surface area contributed by atoms with Gasteiger partial charge in [0.1, 0.15) is 17.1 Å². The number of carboxylic acids is 1. The lowest BCUT2D eigenvalue weighted by Crippen LogP contribution is -2.39. The van der Waals surface area contributed by atoms with Gasteiger partial charge in [-0.15, -0.1) is 5.10 Å². The summed E-state index contributed by atoms with van der Waals surface area (Å²) in [5.74, 6) is 0.125. The summed E-state index contributed by atoms with van der Waals surface area (Å²) in [6, 6.07) is 47.1. The van der Waals surface area contributed by atoms with Crippen LogP contribution in [0.5, 0.6) is 0 Å². The van der Waals surface area contributed by atoms with Gasteiger partial charge < -0.3 is 10.1 Å². The third-order valence-corrected chi connectivity index (χ3v) is 8.05. The number of carbonyl (C=O) groups is 1. The second kappa shape index (κ2) is 11.9. The van der Waals surface area contributed by atoms with Gasteiger partial charge in [-0.3, -0.25) is 0 Å². The first-order valence-electron chi connectivity index (χ1n) is 14.6. The minimum Gasteiger partial charge on any atom is -0.477 e. The molecule has 8 nitrogen and oxygen atoms in total. The van der Waals surface area contributed by atoms with Crippen molar-refractivity contribution in [3.8, 4) is 22.5 Å². The van der Waals surface area contributed by atoms with Crippen molar-refractivity contribution >= 4 is 5.97 Å². The van der Waals surface area contributed by atoms with Gasteiger partial charge in [-0.2, -0.15) is 0 Å². The van der Waals surface area contributed by atoms with Gasteiger partial charge in [0.25, 0.3) is 0 Å². The minimum absolute atomic E-state index is 0.0566. The number of tetrazole rings is 1. The van der Waals surface area contributed by atoms with Crippen molar-refractivity contribution in [2.24, 2.45) is 0 Å². The van der Waals surface area contributed by atoms with Crippen LogP contribution in [-0.2, 0) is 12.0 Å². The molecule has 2 aromatic heterocycles. The number of rotatable bonds is 9. The van der Waals surface area contributed by atoms with Crippen molar-refractivity contribution < 1.29 is 9.90 Å². The molecule has 7 rings (SSSR count). The number of nitrogens with one attached hydrogen (secondary N) is 1. The fraction of sp³-hybridized carbons (Fsp3) is 0.0541. The summed E-state index contributed by atoms with van der Waals surface area (Å²) in [5.41, 5.74) is 5.96. The van der Waals surface area contributed by atoms with Crippen LogP contribution in [0.3, 0.4) is 0 Å². The van der Waals surface area contributed by atoms with Crippen LogP contribution >= 0.6 is 0 Å². The predicted octanol–water partition coefficient (Wildman–Crippen LogP) is 6.86. The molecule has 2 N–H and O–H groups in total. The molecule has 7 aromatic rings. The molecule has 0 fully saturated rings. The summed E-state index contributed by atoms with van der Waals surface area (Å²) < 4.78 is 1.93. The van der Waals surface area contributed by atoms with Gasteiger partial charge in [0, 0.05) is 12.0 Å². The molecule has 8 heteroatoms. The molecule has 218 valence electrons. The Morgan fingerprint density at radius 2 is 1.18 bits per heavy atom. The van der Waals surface area contributed by atoms with E-state index in [2.05, 4.69) is 68.8 Å². The Labute approximate surface area is 259 Å². The molecule has 45 heavy (non-hydrogen) atoms. The lowest BCUT2D eigenvalue weighted by Gasteiger charge is -2.36. The molecule has 0 radical (unpaired) electrons. The van der Waals surface area contributed by atoms with E-state index in [9.17, 15) is 9.90 Å². The van der Waals surface area contributed by atoms with Gasteiger partial charge in [0.05, 0.1) is 6.20 Å². The first-order chi connectivity index (χ1) is 22.2. The van der Waals surface area contributed by atoms with Crippen molar-refractivity contribution in [3.63, 3.8) is 0 Å². The number of nitrogens with zero attached hydrogens (tertiary/aromatic N) is 5. The maximum Gasteiger partial charge on any atom is 0.353 e. The largest absolute Gasteiger partial charge is 0.477 e. The van der Waals surface area contributed by atoms with Gasteiger partial charge in [0.2, 0.25) is 0 Å². The van der Waals surface area contributed by atoms with Crippen LogP contribution in [0.1, 0.15) is 38.6 Å². The molecular weight excluding hydrogens is 560 g/mol. The Balaban J connectivity index is 1.45. The number of hydrogen-bond donors (Lipinski definition) is 2. The number of imidazole rings is 1. The van der Waals surface area contributed by atoms with Crippen LogP contribution < -0.4 is 0 Å². The van der Waals surface area contributed by atoms with Crippen molar-refractivity contribution in [1.29, 1.82) is 0 Å². The molecule has 2 heterocycles.